The van der Waals surface area contributed by atoms with Crippen LogP contribution in [0.3, 0.4) is 0 Å². The van der Waals surface area contributed by atoms with E-state index in [1.807, 2.05) is 18.2 Å². The summed E-state index contributed by atoms with van der Waals surface area (Å²) in [5.74, 6) is 0. The Hall–Kier alpha value is -1.23. The molecule has 0 amide bonds. The van der Waals surface area contributed by atoms with Gasteiger partial charge in [0.15, 0.2) is 0 Å². The standard InChI is InChI=1S/C13H16N2OS/c16-8-4-7-14-9-13-15-12(10-17-13)11-5-2-1-3-6-11/h1-3,5-6,10,14,16H,4,7-9H2. The van der Waals surface area contributed by atoms with Gasteiger partial charge in [-0.15, -0.1) is 11.3 Å². The largest absolute Gasteiger partial charge is 0.396 e. The Morgan fingerprint density at radius 3 is 2.82 bits per heavy atom. The van der Waals surface area contributed by atoms with Crippen LogP contribution in [0.15, 0.2) is 35.7 Å². The Labute approximate surface area is 105 Å². The molecule has 0 spiro atoms. The van der Waals surface area contributed by atoms with E-state index in [9.17, 15) is 0 Å². The molecule has 90 valence electrons. The van der Waals surface area contributed by atoms with Gasteiger partial charge < -0.3 is 10.4 Å². The number of aromatic nitrogens is 1. The Balaban J connectivity index is 1.92. The zero-order chi connectivity index (χ0) is 11.9. The van der Waals surface area contributed by atoms with Crippen molar-refractivity contribution in [1.29, 1.82) is 0 Å². The van der Waals surface area contributed by atoms with Gasteiger partial charge in [0.05, 0.1) is 5.69 Å². The van der Waals surface area contributed by atoms with Crippen LogP contribution in [0, 0.1) is 0 Å². The van der Waals surface area contributed by atoms with Crippen LogP contribution in [-0.2, 0) is 6.54 Å². The van der Waals surface area contributed by atoms with Crippen molar-refractivity contribution < 1.29 is 5.11 Å². The first-order valence-electron chi connectivity index (χ1n) is 5.71. The molecule has 2 rings (SSSR count). The fourth-order valence-electron chi connectivity index (χ4n) is 1.53. The number of nitrogens with one attached hydrogen (secondary N) is 1. The van der Waals surface area contributed by atoms with Crippen LogP contribution < -0.4 is 5.32 Å². The van der Waals surface area contributed by atoms with Crippen LogP contribution in [0.2, 0.25) is 0 Å². The molecule has 2 N–H and O–H groups in total. The van der Waals surface area contributed by atoms with Crippen molar-refractivity contribution in [2.75, 3.05) is 13.2 Å². The topological polar surface area (TPSA) is 45.1 Å². The van der Waals surface area contributed by atoms with Crippen molar-refractivity contribution in [1.82, 2.24) is 10.3 Å². The quantitative estimate of drug-likeness (QED) is 0.771. The van der Waals surface area contributed by atoms with E-state index in [1.165, 1.54) is 0 Å². The van der Waals surface area contributed by atoms with Gasteiger partial charge in [-0.05, 0) is 13.0 Å². The maximum absolute atomic E-state index is 8.66. The maximum Gasteiger partial charge on any atom is 0.107 e. The summed E-state index contributed by atoms with van der Waals surface area (Å²) in [6, 6.07) is 10.2. The molecular weight excluding hydrogens is 232 g/mol. The van der Waals surface area contributed by atoms with Crippen LogP contribution >= 0.6 is 11.3 Å². The molecular formula is C13H16N2OS. The minimum Gasteiger partial charge on any atom is -0.396 e. The van der Waals surface area contributed by atoms with E-state index in [1.54, 1.807) is 11.3 Å². The van der Waals surface area contributed by atoms with Gasteiger partial charge in [0.1, 0.15) is 5.01 Å². The van der Waals surface area contributed by atoms with Gasteiger partial charge in [-0.3, -0.25) is 0 Å². The predicted octanol–water partition coefficient (Wildman–Crippen LogP) is 2.28. The van der Waals surface area contributed by atoms with Crippen molar-refractivity contribution in [2.45, 2.75) is 13.0 Å². The van der Waals surface area contributed by atoms with Crippen molar-refractivity contribution in [3.05, 3.63) is 40.7 Å². The van der Waals surface area contributed by atoms with E-state index in [4.69, 9.17) is 5.11 Å². The molecule has 0 atom stereocenters. The normalized spacial score (nSPS) is 10.6. The molecule has 0 aliphatic rings. The highest BCUT2D eigenvalue weighted by Gasteiger charge is 2.03. The second kappa shape index (κ2) is 6.49. The van der Waals surface area contributed by atoms with E-state index < -0.39 is 0 Å². The number of aliphatic hydroxyl groups is 1. The Kier molecular flexibility index (Phi) is 4.67. The van der Waals surface area contributed by atoms with Gasteiger partial charge in [0.2, 0.25) is 0 Å². The Morgan fingerprint density at radius 1 is 1.24 bits per heavy atom. The number of hydrogen-bond acceptors (Lipinski definition) is 4. The first kappa shape index (κ1) is 12.2. The number of rotatable bonds is 6. The lowest BCUT2D eigenvalue weighted by Gasteiger charge is -1.99. The minimum absolute atomic E-state index is 0.236. The first-order valence-corrected chi connectivity index (χ1v) is 6.59. The Morgan fingerprint density at radius 2 is 2.06 bits per heavy atom. The summed E-state index contributed by atoms with van der Waals surface area (Å²) < 4.78 is 0. The molecule has 0 saturated carbocycles. The van der Waals surface area contributed by atoms with Crippen LogP contribution in [0.1, 0.15) is 11.4 Å². The third kappa shape index (κ3) is 3.63. The summed E-state index contributed by atoms with van der Waals surface area (Å²) in [5, 5.41) is 15.1. The lowest BCUT2D eigenvalue weighted by Crippen LogP contribution is -2.15. The summed E-state index contributed by atoms with van der Waals surface area (Å²) in [4.78, 5) is 4.57. The highest BCUT2D eigenvalue weighted by Crippen LogP contribution is 2.21. The van der Waals surface area contributed by atoms with E-state index in [2.05, 4.69) is 27.8 Å². The van der Waals surface area contributed by atoms with E-state index in [-0.39, 0.29) is 6.61 Å². The third-order valence-corrected chi connectivity index (χ3v) is 3.26. The number of aliphatic hydroxyl groups excluding tert-OH is 1. The summed E-state index contributed by atoms with van der Waals surface area (Å²) >= 11 is 1.67. The summed E-state index contributed by atoms with van der Waals surface area (Å²) in [5.41, 5.74) is 2.19. The number of hydrogen-bond donors (Lipinski definition) is 2. The van der Waals surface area contributed by atoms with Gasteiger partial charge in [0, 0.05) is 24.1 Å². The SMILES string of the molecule is OCCCNCc1nc(-c2ccccc2)cs1. The lowest BCUT2D eigenvalue weighted by atomic mass is 10.2. The van der Waals surface area contributed by atoms with Gasteiger partial charge in [-0.2, -0.15) is 0 Å². The zero-order valence-electron chi connectivity index (χ0n) is 9.60. The van der Waals surface area contributed by atoms with Crippen LogP contribution in [-0.4, -0.2) is 23.2 Å². The molecule has 0 fully saturated rings. The van der Waals surface area contributed by atoms with Crippen molar-refractivity contribution in [3.63, 3.8) is 0 Å². The third-order valence-electron chi connectivity index (χ3n) is 2.41. The summed E-state index contributed by atoms with van der Waals surface area (Å²) in [6.07, 6.45) is 0.789. The van der Waals surface area contributed by atoms with E-state index in [0.29, 0.717) is 0 Å². The molecule has 0 aliphatic heterocycles. The average Bonchev–Trinajstić information content (AvgIpc) is 2.85. The van der Waals surface area contributed by atoms with Crippen molar-refractivity contribution in [2.24, 2.45) is 0 Å². The molecule has 0 bridgehead atoms. The molecule has 0 unspecified atom stereocenters. The fourth-order valence-corrected chi connectivity index (χ4v) is 2.31. The first-order chi connectivity index (χ1) is 8.40. The van der Waals surface area contributed by atoms with Crippen LogP contribution in [0.4, 0.5) is 0 Å². The average molecular weight is 248 g/mol. The fraction of sp³-hybridized carbons (Fsp3) is 0.308. The monoisotopic (exact) mass is 248 g/mol. The number of thiazole rings is 1. The molecule has 17 heavy (non-hydrogen) atoms. The minimum atomic E-state index is 0.236. The van der Waals surface area contributed by atoms with Crippen molar-refractivity contribution in [3.8, 4) is 11.3 Å². The van der Waals surface area contributed by atoms with E-state index >= 15 is 0 Å². The van der Waals surface area contributed by atoms with E-state index in [0.717, 1.165) is 35.8 Å². The molecule has 2 aromatic rings. The summed E-state index contributed by atoms with van der Waals surface area (Å²) in [7, 11) is 0. The molecule has 0 saturated heterocycles. The van der Waals surface area contributed by atoms with Crippen molar-refractivity contribution >= 4 is 11.3 Å². The molecule has 4 heteroatoms. The molecule has 1 aromatic carbocycles. The second-order valence-corrected chi connectivity index (χ2v) is 4.69. The van der Waals surface area contributed by atoms with Crippen LogP contribution in [0.5, 0.6) is 0 Å². The number of benzene rings is 1. The van der Waals surface area contributed by atoms with Gasteiger partial charge in [-0.1, -0.05) is 30.3 Å². The smallest absolute Gasteiger partial charge is 0.107 e. The molecule has 0 radical (unpaired) electrons. The van der Waals surface area contributed by atoms with Gasteiger partial charge >= 0.3 is 0 Å². The van der Waals surface area contributed by atoms with Crippen LogP contribution in [0.25, 0.3) is 11.3 Å². The van der Waals surface area contributed by atoms with Gasteiger partial charge in [-0.25, -0.2) is 4.98 Å². The zero-order valence-corrected chi connectivity index (χ0v) is 10.4. The lowest BCUT2D eigenvalue weighted by molar-refractivity contribution is 0.286. The molecule has 0 aliphatic carbocycles. The highest BCUT2D eigenvalue weighted by atomic mass is 32.1. The summed E-state index contributed by atoms with van der Waals surface area (Å²) in [6.45, 7) is 1.84. The second-order valence-electron chi connectivity index (χ2n) is 3.75. The molecule has 3 nitrogen and oxygen atoms in total. The molecule has 1 aromatic heterocycles. The maximum atomic E-state index is 8.66. The van der Waals surface area contributed by atoms with Gasteiger partial charge in [0.25, 0.3) is 0 Å². The number of nitrogens with zero attached hydrogens (tertiary/aromatic N) is 1. The molecule has 1 heterocycles. The highest BCUT2D eigenvalue weighted by molar-refractivity contribution is 7.09. The predicted molar refractivity (Wildman–Crippen MR) is 71.0 cm³/mol. The Bertz CT molecular complexity index is 442.